The molecule has 1 atom stereocenters. The Hall–Kier alpha value is -2.34. The second kappa shape index (κ2) is 7.50. The van der Waals surface area contributed by atoms with E-state index in [0.717, 1.165) is 31.5 Å². The number of sulfonamides is 1. The number of aryl methyl sites for hydroxylation is 1. The van der Waals surface area contributed by atoms with Gasteiger partial charge in [-0.15, -0.1) is 0 Å². The third kappa shape index (κ3) is 4.07. The van der Waals surface area contributed by atoms with E-state index in [1.54, 1.807) is 55.5 Å². The van der Waals surface area contributed by atoms with Crippen molar-refractivity contribution in [3.63, 3.8) is 0 Å². The molecule has 0 saturated carbocycles. The molecule has 6 heteroatoms. The summed E-state index contributed by atoms with van der Waals surface area (Å²) in [6.45, 7) is 5.52. The Morgan fingerprint density at radius 3 is 2.54 bits per heavy atom. The molecule has 0 aromatic heterocycles. The number of piperidine rings is 1. The van der Waals surface area contributed by atoms with Gasteiger partial charge in [-0.25, -0.2) is 8.42 Å². The molecule has 1 N–H and O–H groups in total. The molecule has 1 aliphatic rings. The number of likely N-dealkylation sites (tertiary alicyclic amines) is 1. The normalized spacial score (nSPS) is 17.8. The molecular weight excluding hydrogens is 348 g/mol. The van der Waals surface area contributed by atoms with Crippen LogP contribution in [0.3, 0.4) is 0 Å². The van der Waals surface area contributed by atoms with Crippen LogP contribution in [0.2, 0.25) is 0 Å². The van der Waals surface area contributed by atoms with Crippen LogP contribution >= 0.6 is 0 Å². The van der Waals surface area contributed by atoms with Crippen LogP contribution in [0.5, 0.6) is 0 Å². The van der Waals surface area contributed by atoms with Crippen molar-refractivity contribution in [1.29, 1.82) is 0 Å². The Kier molecular flexibility index (Phi) is 5.32. The third-order valence-electron chi connectivity index (χ3n) is 4.72. The minimum Gasteiger partial charge on any atom is -0.338 e. The molecule has 1 aliphatic heterocycles. The third-order valence-corrected chi connectivity index (χ3v) is 6.10. The summed E-state index contributed by atoms with van der Waals surface area (Å²) < 4.78 is 27.5. The van der Waals surface area contributed by atoms with Crippen molar-refractivity contribution in [2.45, 2.75) is 31.6 Å². The highest BCUT2D eigenvalue weighted by molar-refractivity contribution is 7.92. The van der Waals surface area contributed by atoms with Gasteiger partial charge in [0.25, 0.3) is 15.9 Å². The van der Waals surface area contributed by atoms with E-state index >= 15 is 0 Å². The first kappa shape index (κ1) is 18.5. The van der Waals surface area contributed by atoms with E-state index in [1.165, 1.54) is 0 Å². The average molecular weight is 372 g/mol. The summed E-state index contributed by atoms with van der Waals surface area (Å²) in [5.74, 6) is 0.530. The molecule has 138 valence electrons. The van der Waals surface area contributed by atoms with Crippen molar-refractivity contribution >= 4 is 21.6 Å². The van der Waals surface area contributed by atoms with Crippen LogP contribution in [0.15, 0.2) is 53.4 Å². The molecule has 26 heavy (non-hydrogen) atoms. The van der Waals surface area contributed by atoms with E-state index in [1.807, 2.05) is 4.90 Å². The molecule has 1 saturated heterocycles. The number of carbonyl (C=O) groups excluding carboxylic acids is 1. The molecule has 1 heterocycles. The fourth-order valence-electron chi connectivity index (χ4n) is 3.27. The van der Waals surface area contributed by atoms with Crippen molar-refractivity contribution < 1.29 is 13.2 Å². The Morgan fingerprint density at radius 2 is 1.88 bits per heavy atom. The maximum atomic E-state index is 12.7. The highest BCUT2D eigenvalue weighted by Gasteiger charge is 2.23. The van der Waals surface area contributed by atoms with Crippen molar-refractivity contribution in [3.05, 3.63) is 59.7 Å². The molecule has 0 spiro atoms. The molecule has 0 aliphatic carbocycles. The Balaban J connectivity index is 1.78. The topological polar surface area (TPSA) is 66.5 Å². The lowest BCUT2D eigenvalue weighted by molar-refractivity contribution is 0.0683. The van der Waals surface area contributed by atoms with Crippen LogP contribution in [0, 0.1) is 12.8 Å². The fraction of sp³-hybridized carbons (Fsp3) is 0.350. The van der Waals surface area contributed by atoms with Crippen molar-refractivity contribution in [2.75, 3.05) is 17.8 Å². The van der Waals surface area contributed by atoms with Crippen LogP contribution in [0.1, 0.15) is 35.7 Å². The summed E-state index contributed by atoms with van der Waals surface area (Å²) in [5, 5.41) is 0. The first-order chi connectivity index (χ1) is 12.4. The number of hydrogen-bond donors (Lipinski definition) is 1. The Bertz CT molecular complexity index is 895. The summed E-state index contributed by atoms with van der Waals surface area (Å²) in [6, 6.07) is 13.3. The molecule has 5 nitrogen and oxygen atoms in total. The van der Waals surface area contributed by atoms with Gasteiger partial charge in [0.2, 0.25) is 0 Å². The number of nitrogens with zero attached hydrogens (tertiary/aromatic N) is 1. The summed E-state index contributed by atoms with van der Waals surface area (Å²) in [7, 11) is -3.64. The summed E-state index contributed by atoms with van der Waals surface area (Å²) in [6.07, 6.45) is 2.18. The number of amides is 1. The van der Waals surface area contributed by atoms with Crippen LogP contribution in [-0.4, -0.2) is 32.3 Å². The van der Waals surface area contributed by atoms with Crippen molar-refractivity contribution in [2.24, 2.45) is 5.92 Å². The molecule has 2 aromatic carbocycles. The molecule has 1 amide bonds. The predicted molar refractivity (Wildman–Crippen MR) is 103 cm³/mol. The van der Waals surface area contributed by atoms with Crippen LogP contribution in [-0.2, 0) is 10.0 Å². The highest BCUT2D eigenvalue weighted by atomic mass is 32.2. The van der Waals surface area contributed by atoms with E-state index < -0.39 is 10.0 Å². The van der Waals surface area contributed by atoms with E-state index in [2.05, 4.69) is 11.6 Å². The number of anilines is 1. The molecule has 2 aromatic rings. The van der Waals surface area contributed by atoms with Gasteiger partial charge in [0.15, 0.2) is 0 Å². The number of hydrogen-bond acceptors (Lipinski definition) is 3. The number of carbonyl (C=O) groups is 1. The van der Waals surface area contributed by atoms with Crippen molar-refractivity contribution in [3.8, 4) is 0 Å². The van der Waals surface area contributed by atoms with Gasteiger partial charge in [0, 0.05) is 18.7 Å². The molecule has 3 rings (SSSR count). The van der Waals surface area contributed by atoms with Crippen LogP contribution < -0.4 is 4.72 Å². The second-order valence-electron chi connectivity index (χ2n) is 6.95. The first-order valence-corrected chi connectivity index (χ1v) is 10.3. The number of nitrogens with one attached hydrogen (secondary N) is 1. The highest BCUT2D eigenvalue weighted by Crippen LogP contribution is 2.23. The zero-order valence-corrected chi connectivity index (χ0v) is 15.9. The minimum absolute atomic E-state index is 0.0112. The quantitative estimate of drug-likeness (QED) is 0.890. The zero-order chi connectivity index (χ0) is 18.7. The Morgan fingerprint density at radius 1 is 1.15 bits per heavy atom. The maximum absolute atomic E-state index is 12.7. The molecule has 1 unspecified atom stereocenters. The van der Waals surface area contributed by atoms with Gasteiger partial charge in [-0.1, -0.05) is 25.1 Å². The lowest BCUT2D eigenvalue weighted by Gasteiger charge is -2.31. The SMILES string of the molecule is Cc1cc(C(=O)N2CCCC(C)C2)ccc1NS(=O)(=O)c1ccccc1. The largest absolute Gasteiger partial charge is 0.338 e. The minimum atomic E-state index is -3.64. The van der Waals surface area contributed by atoms with Gasteiger partial charge < -0.3 is 4.90 Å². The average Bonchev–Trinajstić information content (AvgIpc) is 2.63. The summed E-state index contributed by atoms with van der Waals surface area (Å²) in [5.41, 5.74) is 1.80. The smallest absolute Gasteiger partial charge is 0.261 e. The lowest BCUT2D eigenvalue weighted by atomic mass is 9.99. The molecule has 1 fully saturated rings. The Labute approximate surface area is 155 Å². The second-order valence-corrected chi connectivity index (χ2v) is 8.63. The molecular formula is C20H24N2O3S. The standard InChI is InChI=1S/C20H24N2O3S/c1-15-7-6-12-22(14-15)20(23)17-10-11-19(16(2)13-17)21-26(24,25)18-8-4-3-5-9-18/h3-5,8-11,13,15,21H,6-7,12,14H2,1-2H3. The van der Waals surface area contributed by atoms with Crippen LogP contribution in [0.4, 0.5) is 5.69 Å². The van der Waals surface area contributed by atoms with E-state index in [0.29, 0.717) is 17.2 Å². The molecule has 0 radical (unpaired) electrons. The first-order valence-electron chi connectivity index (χ1n) is 8.84. The zero-order valence-electron chi connectivity index (χ0n) is 15.1. The summed E-state index contributed by atoms with van der Waals surface area (Å²) in [4.78, 5) is 14.8. The van der Waals surface area contributed by atoms with E-state index in [9.17, 15) is 13.2 Å². The van der Waals surface area contributed by atoms with Gasteiger partial charge in [-0.2, -0.15) is 0 Å². The van der Waals surface area contributed by atoms with Gasteiger partial charge in [0.05, 0.1) is 10.6 Å². The lowest BCUT2D eigenvalue weighted by Crippen LogP contribution is -2.39. The van der Waals surface area contributed by atoms with Gasteiger partial charge in [0.1, 0.15) is 0 Å². The van der Waals surface area contributed by atoms with Gasteiger partial charge in [-0.05, 0) is 61.6 Å². The molecule has 0 bridgehead atoms. The van der Waals surface area contributed by atoms with Crippen molar-refractivity contribution in [1.82, 2.24) is 4.90 Å². The predicted octanol–water partition coefficient (Wildman–Crippen LogP) is 3.67. The monoisotopic (exact) mass is 372 g/mol. The van der Waals surface area contributed by atoms with Gasteiger partial charge >= 0.3 is 0 Å². The summed E-state index contributed by atoms with van der Waals surface area (Å²) >= 11 is 0. The van der Waals surface area contributed by atoms with Crippen LogP contribution in [0.25, 0.3) is 0 Å². The maximum Gasteiger partial charge on any atom is 0.261 e. The van der Waals surface area contributed by atoms with E-state index in [-0.39, 0.29) is 10.8 Å². The number of rotatable bonds is 4. The number of benzene rings is 2. The van der Waals surface area contributed by atoms with E-state index in [4.69, 9.17) is 0 Å². The fourth-order valence-corrected chi connectivity index (χ4v) is 4.42. The van der Waals surface area contributed by atoms with Gasteiger partial charge in [-0.3, -0.25) is 9.52 Å².